The normalized spacial score (nSPS) is 22.6. The summed E-state index contributed by atoms with van der Waals surface area (Å²) in [6.07, 6.45) is 6.86. The fraction of sp³-hybridized carbons (Fsp3) is 0.619. The maximum atomic E-state index is 13.1. The van der Waals surface area contributed by atoms with Gasteiger partial charge in [-0.2, -0.15) is 0 Å². The minimum absolute atomic E-state index is 0.0591. The van der Waals surface area contributed by atoms with Crippen molar-refractivity contribution in [3.8, 4) is 0 Å². The highest BCUT2D eigenvalue weighted by Gasteiger charge is 2.39. The second kappa shape index (κ2) is 7.97. The smallest absolute Gasteiger partial charge is 0.253 e. The van der Waals surface area contributed by atoms with E-state index in [0.29, 0.717) is 43.7 Å². The molecule has 2 amide bonds. The van der Waals surface area contributed by atoms with Gasteiger partial charge in [0.15, 0.2) is 0 Å². The highest BCUT2D eigenvalue weighted by Crippen LogP contribution is 2.32. The highest BCUT2D eigenvalue weighted by molar-refractivity contribution is 5.94. The number of carbonyl (C=O) groups is 2. The first-order valence-corrected chi connectivity index (χ1v) is 10.2. The van der Waals surface area contributed by atoms with Crippen molar-refractivity contribution in [3.63, 3.8) is 0 Å². The van der Waals surface area contributed by atoms with Crippen molar-refractivity contribution < 1.29 is 14.0 Å². The lowest BCUT2D eigenvalue weighted by Crippen LogP contribution is -2.58. The van der Waals surface area contributed by atoms with E-state index < -0.39 is 0 Å². The summed E-state index contributed by atoms with van der Waals surface area (Å²) in [7, 11) is 0. The second-order valence-corrected chi connectivity index (χ2v) is 8.11. The first kappa shape index (κ1) is 18.4. The maximum absolute atomic E-state index is 13.1. The largest absolute Gasteiger partial charge is 0.352 e. The van der Waals surface area contributed by atoms with Crippen LogP contribution in [0.25, 0.3) is 0 Å². The van der Waals surface area contributed by atoms with Crippen LogP contribution in [0.2, 0.25) is 0 Å². The van der Waals surface area contributed by atoms with Crippen molar-refractivity contribution in [3.05, 3.63) is 35.6 Å². The molecule has 6 heteroatoms. The van der Waals surface area contributed by atoms with Gasteiger partial charge in [0, 0.05) is 37.8 Å². The SMILES string of the molecule is O=C(NC1CC1)C(C1CCCC1)N1CCN(C(=O)c2ccc(F)cc2)CC1. The van der Waals surface area contributed by atoms with Crippen molar-refractivity contribution in [1.82, 2.24) is 15.1 Å². The summed E-state index contributed by atoms with van der Waals surface area (Å²) >= 11 is 0. The molecular weight excluding hydrogens is 345 g/mol. The lowest BCUT2D eigenvalue weighted by molar-refractivity contribution is -0.129. The minimum Gasteiger partial charge on any atom is -0.352 e. The average Bonchev–Trinajstić information content (AvgIpc) is 3.33. The summed E-state index contributed by atoms with van der Waals surface area (Å²) in [4.78, 5) is 29.6. The van der Waals surface area contributed by atoms with Gasteiger partial charge in [0.1, 0.15) is 5.82 Å². The first-order chi connectivity index (χ1) is 13.1. The summed E-state index contributed by atoms with van der Waals surface area (Å²) in [5, 5.41) is 3.20. The molecule has 0 radical (unpaired) electrons. The van der Waals surface area contributed by atoms with E-state index in [1.165, 1.54) is 37.1 Å². The van der Waals surface area contributed by atoms with Crippen molar-refractivity contribution >= 4 is 11.8 Å². The van der Waals surface area contributed by atoms with Gasteiger partial charge in [0.25, 0.3) is 5.91 Å². The molecule has 3 fully saturated rings. The summed E-state index contributed by atoms with van der Waals surface area (Å²) in [5.41, 5.74) is 0.517. The molecule has 1 aliphatic heterocycles. The van der Waals surface area contributed by atoms with E-state index in [0.717, 1.165) is 25.7 Å². The van der Waals surface area contributed by atoms with Crippen LogP contribution in [0.1, 0.15) is 48.9 Å². The number of hydrogen-bond acceptors (Lipinski definition) is 3. The molecule has 146 valence electrons. The average molecular weight is 373 g/mol. The van der Waals surface area contributed by atoms with Gasteiger partial charge in [-0.05, 0) is 55.9 Å². The standard InChI is InChI=1S/C21H28FN3O2/c22-17-7-5-16(6-8-17)21(27)25-13-11-24(12-14-25)19(15-3-1-2-4-15)20(26)23-18-9-10-18/h5-8,15,18-19H,1-4,9-14H2,(H,23,26). The molecule has 1 N–H and O–H groups in total. The zero-order valence-corrected chi connectivity index (χ0v) is 15.7. The van der Waals surface area contributed by atoms with Gasteiger partial charge in [-0.3, -0.25) is 14.5 Å². The Labute approximate surface area is 159 Å². The number of halogens is 1. The van der Waals surface area contributed by atoms with Crippen molar-refractivity contribution in [2.24, 2.45) is 5.92 Å². The zero-order chi connectivity index (χ0) is 18.8. The van der Waals surface area contributed by atoms with E-state index in [1.807, 2.05) is 4.90 Å². The quantitative estimate of drug-likeness (QED) is 0.862. The molecule has 1 atom stereocenters. The van der Waals surface area contributed by atoms with Crippen molar-refractivity contribution in [2.75, 3.05) is 26.2 Å². The van der Waals surface area contributed by atoms with Gasteiger partial charge >= 0.3 is 0 Å². The van der Waals surface area contributed by atoms with E-state index in [2.05, 4.69) is 10.2 Å². The number of nitrogens with zero attached hydrogens (tertiary/aromatic N) is 2. The Morgan fingerprint density at radius 2 is 1.59 bits per heavy atom. The molecular formula is C21H28FN3O2. The molecule has 5 nitrogen and oxygen atoms in total. The second-order valence-electron chi connectivity index (χ2n) is 8.11. The molecule has 1 unspecified atom stereocenters. The molecule has 1 saturated heterocycles. The van der Waals surface area contributed by atoms with Gasteiger partial charge in [-0.15, -0.1) is 0 Å². The Morgan fingerprint density at radius 3 is 2.19 bits per heavy atom. The molecule has 1 aromatic carbocycles. The molecule has 3 aliphatic rings. The van der Waals surface area contributed by atoms with Crippen LogP contribution in [0.15, 0.2) is 24.3 Å². The third-order valence-electron chi connectivity index (χ3n) is 6.12. The number of rotatable bonds is 5. The van der Waals surface area contributed by atoms with E-state index >= 15 is 0 Å². The van der Waals surface area contributed by atoms with Gasteiger partial charge in [-0.25, -0.2) is 4.39 Å². The number of carbonyl (C=O) groups excluding carboxylic acids is 2. The van der Waals surface area contributed by atoms with E-state index in [1.54, 1.807) is 0 Å². The maximum Gasteiger partial charge on any atom is 0.253 e. The third kappa shape index (κ3) is 4.32. The Morgan fingerprint density at radius 1 is 0.963 bits per heavy atom. The number of benzene rings is 1. The Bertz CT molecular complexity index is 675. The number of amides is 2. The summed E-state index contributed by atoms with van der Waals surface area (Å²) in [6, 6.07) is 6.03. The molecule has 0 spiro atoms. The molecule has 1 aromatic rings. The lowest BCUT2D eigenvalue weighted by atomic mass is 9.95. The topological polar surface area (TPSA) is 52.7 Å². The van der Waals surface area contributed by atoms with E-state index in [9.17, 15) is 14.0 Å². The summed E-state index contributed by atoms with van der Waals surface area (Å²) < 4.78 is 13.1. The van der Waals surface area contributed by atoms with Gasteiger partial charge < -0.3 is 10.2 Å². The van der Waals surface area contributed by atoms with Gasteiger partial charge in [-0.1, -0.05) is 12.8 Å². The van der Waals surface area contributed by atoms with Crippen LogP contribution in [-0.4, -0.2) is 59.9 Å². The lowest BCUT2D eigenvalue weighted by Gasteiger charge is -2.40. The van der Waals surface area contributed by atoms with Crippen LogP contribution in [0.5, 0.6) is 0 Å². The summed E-state index contributed by atoms with van der Waals surface area (Å²) in [5.74, 6) is 0.220. The Kier molecular flexibility index (Phi) is 5.43. The highest BCUT2D eigenvalue weighted by atomic mass is 19.1. The predicted octanol–water partition coefficient (Wildman–Crippen LogP) is 2.42. The van der Waals surface area contributed by atoms with Crippen LogP contribution in [0, 0.1) is 11.7 Å². The van der Waals surface area contributed by atoms with Crippen LogP contribution in [-0.2, 0) is 4.79 Å². The van der Waals surface area contributed by atoms with Crippen LogP contribution >= 0.6 is 0 Å². The van der Waals surface area contributed by atoms with Crippen LogP contribution < -0.4 is 5.32 Å². The third-order valence-corrected chi connectivity index (χ3v) is 6.12. The first-order valence-electron chi connectivity index (χ1n) is 10.2. The Balaban J connectivity index is 1.38. The fourth-order valence-corrected chi connectivity index (χ4v) is 4.44. The fourth-order valence-electron chi connectivity index (χ4n) is 4.44. The Hall–Kier alpha value is -1.95. The molecule has 2 aliphatic carbocycles. The van der Waals surface area contributed by atoms with Gasteiger partial charge in [0.05, 0.1) is 6.04 Å². The number of hydrogen-bond donors (Lipinski definition) is 1. The summed E-state index contributed by atoms with van der Waals surface area (Å²) in [6.45, 7) is 2.64. The van der Waals surface area contributed by atoms with Crippen molar-refractivity contribution in [1.29, 1.82) is 0 Å². The number of piperazine rings is 1. The molecule has 1 heterocycles. The molecule has 27 heavy (non-hydrogen) atoms. The molecule has 2 saturated carbocycles. The monoisotopic (exact) mass is 373 g/mol. The molecule has 4 rings (SSSR count). The van der Waals surface area contributed by atoms with Crippen LogP contribution in [0.3, 0.4) is 0 Å². The predicted molar refractivity (Wildman–Crippen MR) is 101 cm³/mol. The molecule has 0 aromatic heterocycles. The van der Waals surface area contributed by atoms with E-state index in [4.69, 9.17) is 0 Å². The van der Waals surface area contributed by atoms with E-state index in [-0.39, 0.29) is 23.7 Å². The minimum atomic E-state index is -0.336. The van der Waals surface area contributed by atoms with Crippen molar-refractivity contribution in [2.45, 2.75) is 50.6 Å². The molecule has 0 bridgehead atoms. The van der Waals surface area contributed by atoms with Crippen LogP contribution in [0.4, 0.5) is 4.39 Å². The number of nitrogens with one attached hydrogen (secondary N) is 1. The zero-order valence-electron chi connectivity index (χ0n) is 15.7. The van der Waals surface area contributed by atoms with Gasteiger partial charge in [0.2, 0.25) is 5.91 Å².